The van der Waals surface area contributed by atoms with Crippen LogP contribution >= 0.6 is 24.6 Å². The van der Waals surface area contributed by atoms with Crippen molar-refractivity contribution in [3.8, 4) is 0 Å². The van der Waals surface area contributed by atoms with Gasteiger partial charge in [0.05, 0.1) is 45.7 Å². The molecular formula is C46H84FN5O16S2. The summed E-state index contributed by atoms with van der Waals surface area (Å²) in [5.74, 6) is -4.20. The number of carboxylic acid groups (broad SMARTS) is 3. The van der Waals surface area contributed by atoms with E-state index in [0.29, 0.717) is 18.5 Å². The molecule has 0 heterocycles. The summed E-state index contributed by atoms with van der Waals surface area (Å²) in [5.41, 5.74) is 0. The molecule has 0 aliphatic heterocycles. The highest BCUT2D eigenvalue weighted by atomic mass is 32.2. The van der Waals surface area contributed by atoms with E-state index in [-0.39, 0.29) is 122 Å². The van der Waals surface area contributed by atoms with Crippen LogP contribution in [-0.4, -0.2) is 165 Å². The second-order valence-corrected chi connectivity index (χ2v) is 16.7. The zero-order chi connectivity index (χ0) is 53.0. The number of hydrogen-bond acceptors (Lipinski definition) is 16. The van der Waals surface area contributed by atoms with Gasteiger partial charge in [-0.25, -0.2) is 4.79 Å². The van der Waals surface area contributed by atoms with E-state index in [1.807, 2.05) is 13.8 Å². The lowest BCUT2D eigenvalue weighted by atomic mass is 10.0. The lowest BCUT2D eigenvalue weighted by Gasteiger charge is -2.14. The van der Waals surface area contributed by atoms with E-state index in [2.05, 4.69) is 38.8 Å². The van der Waals surface area contributed by atoms with E-state index >= 15 is 0 Å². The smallest absolute Gasteiger partial charge is 0.326 e. The van der Waals surface area contributed by atoms with Crippen LogP contribution in [0.15, 0.2) is 0 Å². The zero-order valence-corrected chi connectivity index (χ0v) is 43.3. The molecule has 4 amide bonds. The van der Waals surface area contributed by atoms with E-state index in [0.717, 1.165) is 44.9 Å². The van der Waals surface area contributed by atoms with Crippen molar-refractivity contribution in [2.45, 2.75) is 160 Å². The average Bonchev–Trinajstić information content (AvgIpc) is 3.32. The molecule has 408 valence electrons. The first-order valence-corrected chi connectivity index (χ1v) is 26.1. The first-order valence-electron chi connectivity index (χ1n) is 24.3. The van der Waals surface area contributed by atoms with E-state index in [9.17, 15) is 52.6 Å². The molecule has 0 aliphatic rings. The Bertz CT molecular complexity index is 1410. The molecule has 0 aromatic rings. The first kappa shape index (κ1) is 70.3. The van der Waals surface area contributed by atoms with Gasteiger partial charge in [0.2, 0.25) is 23.6 Å². The largest absolute Gasteiger partial charge is 0.481 e. The SMILES string of the molecule is CC.CSCC(NS)C(=O)F.O=CC(CCC(=O)O)NC(=O)COCCOCCNC(=O)COCCOCCNC(=O)CCC(NC(=O)CCCCCCCCCCCCCCCCC(=O)O)C(=O)O. The summed E-state index contributed by atoms with van der Waals surface area (Å²) < 4.78 is 35.1. The highest BCUT2D eigenvalue weighted by molar-refractivity contribution is 7.98. The molecule has 21 nitrogen and oxygen atoms in total. The van der Waals surface area contributed by atoms with Crippen LogP contribution in [0, 0.1) is 0 Å². The standard InChI is InChI=1S/C40H70N4O15.C4H8FNOS2.C2H6/c45-29-32(17-20-39(52)53)43-37(49)31-59-28-26-57-24-22-42-36(48)30-58-27-25-56-23-21-41-34(46)19-18-33(40(54)55)44-35(47)15-13-11-9-7-5-3-1-2-4-6-8-10-12-14-16-38(50)51;1-9-2-3(6-8)4(5)7;1-2/h29,32-33H,1-28,30-31H2,(H,41,46)(H,42,48)(H,43,49)(H,44,47)(H,50,51)(H,52,53)(H,54,55);3,6,8H,2H2,1H3;1-2H3. The molecule has 0 aliphatic carbocycles. The van der Waals surface area contributed by atoms with Gasteiger partial charge in [-0.3, -0.25) is 38.3 Å². The summed E-state index contributed by atoms with van der Waals surface area (Å²) in [6, 6.07) is -4.18. The molecule has 0 aromatic heterocycles. The third kappa shape index (κ3) is 51.9. The number of aldehydes is 1. The van der Waals surface area contributed by atoms with Gasteiger partial charge < -0.3 is 60.3 Å². The monoisotopic (exact) mass is 1050 g/mol. The molecule has 70 heavy (non-hydrogen) atoms. The third-order valence-electron chi connectivity index (χ3n) is 9.63. The molecule has 0 aromatic carbocycles. The number of amides is 4. The minimum absolute atomic E-state index is 0.0144. The number of carbonyl (C=O) groups is 9. The summed E-state index contributed by atoms with van der Waals surface area (Å²) >= 11 is 4.96. The number of unbranched alkanes of at least 4 members (excludes halogenated alkanes) is 13. The average molecular weight is 1050 g/mol. The van der Waals surface area contributed by atoms with Crippen LogP contribution in [0.2, 0.25) is 0 Å². The van der Waals surface area contributed by atoms with Gasteiger partial charge >= 0.3 is 23.9 Å². The van der Waals surface area contributed by atoms with Gasteiger partial charge in [0.25, 0.3) is 0 Å². The van der Waals surface area contributed by atoms with Crippen molar-refractivity contribution in [2.24, 2.45) is 0 Å². The molecule has 3 atom stereocenters. The van der Waals surface area contributed by atoms with Crippen molar-refractivity contribution in [3.05, 3.63) is 0 Å². The van der Waals surface area contributed by atoms with Crippen molar-refractivity contribution >= 4 is 78.4 Å². The molecule has 0 saturated carbocycles. The molecule has 8 N–H and O–H groups in total. The summed E-state index contributed by atoms with van der Waals surface area (Å²) in [6.07, 6.45) is 17.3. The molecular weight excluding hydrogens is 962 g/mol. The van der Waals surface area contributed by atoms with Crippen molar-refractivity contribution in [1.29, 1.82) is 0 Å². The topological polar surface area (TPSA) is 311 Å². The summed E-state index contributed by atoms with van der Waals surface area (Å²) in [7, 11) is 0. The van der Waals surface area contributed by atoms with Gasteiger partial charge in [-0.1, -0.05) is 104 Å². The van der Waals surface area contributed by atoms with Crippen LogP contribution in [0.4, 0.5) is 4.39 Å². The first-order chi connectivity index (χ1) is 33.7. The minimum atomic E-state index is -1.36. The quantitative estimate of drug-likeness (QED) is 0.0179. The Labute approximate surface area is 423 Å². The third-order valence-corrected chi connectivity index (χ3v) is 10.6. The van der Waals surface area contributed by atoms with E-state index in [1.165, 1.54) is 50.3 Å². The van der Waals surface area contributed by atoms with Crippen molar-refractivity contribution < 1.29 is 81.8 Å². The molecule has 0 radical (unpaired) electrons. The zero-order valence-electron chi connectivity index (χ0n) is 41.6. The van der Waals surface area contributed by atoms with Gasteiger partial charge in [0.1, 0.15) is 31.6 Å². The van der Waals surface area contributed by atoms with Gasteiger partial charge in [-0.05, 0) is 31.9 Å². The van der Waals surface area contributed by atoms with Crippen LogP contribution in [0.5, 0.6) is 0 Å². The molecule has 0 saturated heterocycles. The normalized spacial score (nSPS) is 11.8. The number of halogens is 1. The Morgan fingerprint density at radius 3 is 1.40 bits per heavy atom. The van der Waals surface area contributed by atoms with Gasteiger partial charge in [0.15, 0.2) is 0 Å². The predicted molar refractivity (Wildman–Crippen MR) is 266 cm³/mol. The van der Waals surface area contributed by atoms with Crippen molar-refractivity contribution in [1.82, 2.24) is 26.0 Å². The van der Waals surface area contributed by atoms with Crippen LogP contribution in [-0.2, 0) is 62.1 Å². The Kier molecular flexibility index (Phi) is 53.1. The number of carboxylic acids is 3. The predicted octanol–water partition coefficient (Wildman–Crippen LogP) is 4.18. The molecule has 24 heteroatoms. The lowest BCUT2D eigenvalue weighted by molar-refractivity contribution is -0.142. The van der Waals surface area contributed by atoms with Crippen LogP contribution < -0.4 is 26.0 Å². The van der Waals surface area contributed by atoms with Crippen LogP contribution in [0.25, 0.3) is 0 Å². The van der Waals surface area contributed by atoms with Gasteiger partial charge in [-0.15, -0.1) is 0 Å². The van der Waals surface area contributed by atoms with E-state index < -0.39 is 48.0 Å². The Morgan fingerprint density at radius 2 is 0.986 bits per heavy atom. The number of rotatable bonds is 47. The number of hydrogen-bond donors (Lipinski definition) is 9. The molecule has 0 spiro atoms. The number of ether oxygens (including phenoxy) is 4. The van der Waals surface area contributed by atoms with E-state index in [4.69, 9.17) is 29.2 Å². The Balaban J connectivity index is -0.00000363. The summed E-state index contributed by atoms with van der Waals surface area (Å²) in [5, 5.41) is 36.9. The molecule has 0 bridgehead atoms. The highest BCUT2D eigenvalue weighted by Gasteiger charge is 2.21. The Hall–Kier alpha value is -3.94. The number of thiol groups is 1. The maximum absolute atomic E-state index is 12.3. The maximum atomic E-state index is 12.3. The fourth-order valence-corrected chi connectivity index (χ4v) is 6.80. The highest BCUT2D eigenvalue weighted by Crippen LogP contribution is 2.14. The van der Waals surface area contributed by atoms with Gasteiger partial charge in [0, 0.05) is 44.5 Å². The molecule has 0 rings (SSSR count). The maximum Gasteiger partial charge on any atom is 0.326 e. The minimum Gasteiger partial charge on any atom is -0.481 e. The Morgan fingerprint density at radius 1 is 0.543 bits per heavy atom. The van der Waals surface area contributed by atoms with Crippen molar-refractivity contribution in [3.63, 3.8) is 0 Å². The molecule has 0 fully saturated rings. The molecule has 3 unspecified atom stereocenters. The van der Waals surface area contributed by atoms with Crippen LogP contribution in [0.3, 0.4) is 0 Å². The number of nitrogens with one attached hydrogen (secondary N) is 5. The lowest BCUT2D eigenvalue weighted by Crippen LogP contribution is -2.41. The number of thioether (sulfide) groups is 1. The summed E-state index contributed by atoms with van der Waals surface area (Å²) in [6.45, 7) is 4.82. The van der Waals surface area contributed by atoms with Crippen LogP contribution in [0.1, 0.15) is 142 Å². The number of carbonyl (C=O) groups excluding carboxylic acids is 6. The second-order valence-electron chi connectivity index (χ2n) is 15.6. The fourth-order valence-electron chi connectivity index (χ4n) is 5.94. The van der Waals surface area contributed by atoms with Crippen molar-refractivity contribution in [2.75, 3.05) is 78.0 Å². The number of aliphatic carboxylic acids is 3. The summed E-state index contributed by atoms with van der Waals surface area (Å²) in [4.78, 5) is 102. The second kappa shape index (κ2) is 52.9. The van der Waals surface area contributed by atoms with E-state index in [1.54, 1.807) is 6.26 Å². The van der Waals surface area contributed by atoms with Gasteiger partial charge in [-0.2, -0.15) is 16.2 Å². The fraction of sp³-hybridized carbons (Fsp3) is 0.804.